The number of methoxy groups -OCH3 is 1. The summed E-state index contributed by atoms with van der Waals surface area (Å²) < 4.78 is 16.9. The highest BCUT2D eigenvalue weighted by atomic mass is 16.5. The summed E-state index contributed by atoms with van der Waals surface area (Å²) in [6.45, 7) is 3.08. The summed E-state index contributed by atoms with van der Waals surface area (Å²) in [6, 6.07) is 6.85. The molecular formula is C20H24N2O6. The second-order valence-corrected chi connectivity index (χ2v) is 6.57. The predicted octanol–water partition coefficient (Wildman–Crippen LogP) is 2.34. The van der Waals surface area contributed by atoms with Gasteiger partial charge in [-0.25, -0.2) is 4.79 Å². The van der Waals surface area contributed by atoms with Crippen molar-refractivity contribution >= 4 is 17.8 Å². The fraction of sp³-hybridized carbons (Fsp3) is 0.450. The lowest BCUT2D eigenvalue weighted by Crippen LogP contribution is -2.42. The number of rotatable bonds is 6. The minimum Gasteiger partial charge on any atom is -0.466 e. The Kier molecular flexibility index (Phi) is 6.18. The molecule has 0 bridgehead atoms. The molecule has 0 radical (unpaired) electrons. The van der Waals surface area contributed by atoms with Crippen LogP contribution in [0.4, 0.5) is 0 Å². The Labute approximate surface area is 163 Å². The molecule has 1 fully saturated rings. The Hall–Kier alpha value is -3.03. The van der Waals surface area contributed by atoms with Crippen molar-refractivity contribution in [3.8, 4) is 11.5 Å². The summed E-state index contributed by atoms with van der Waals surface area (Å²) in [7, 11) is 1.30. The van der Waals surface area contributed by atoms with E-state index in [0.29, 0.717) is 44.0 Å². The van der Waals surface area contributed by atoms with E-state index in [1.165, 1.54) is 13.4 Å². The van der Waals surface area contributed by atoms with Gasteiger partial charge in [0, 0.05) is 13.1 Å². The highest BCUT2D eigenvalue weighted by molar-refractivity contribution is 5.90. The van der Waals surface area contributed by atoms with Crippen LogP contribution in [0.15, 0.2) is 34.9 Å². The molecule has 1 amide bonds. The highest BCUT2D eigenvalue weighted by Gasteiger charge is 2.29. The smallest absolute Gasteiger partial charge is 0.354 e. The maximum absolute atomic E-state index is 12.9. The first-order valence-corrected chi connectivity index (χ1v) is 9.31. The molecule has 0 aliphatic carbocycles. The molecule has 1 saturated heterocycles. The number of hydrogen-bond donors (Lipinski definition) is 0. The summed E-state index contributed by atoms with van der Waals surface area (Å²) >= 11 is 0. The van der Waals surface area contributed by atoms with Crippen molar-refractivity contribution in [2.75, 3.05) is 26.8 Å². The van der Waals surface area contributed by atoms with Crippen molar-refractivity contribution in [2.45, 2.75) is 26.3 Å². The summed E-state index contributed by atoms with van der Waals surface area (Å²) in [5, 5.41) is 0. The van der Waals surface area contributed by atoms with Crippen LogP contribution in [0, 0.1) is 5.92 Å². The van der Waals surface area contributed by atoms with E-state index in [4.69, 9.17) is 13.9 Å². The number of carbonyl (C=O) groups is 3. The van der Waals surface area contributed by atoms with Gasteiger partial charge in [0.25, 0.3) is 0 Å². The molecule has 0 saturated carbocycles. The maximum Gasteiger partial charge on any atom is 0.354 e. The summed E-state index contributed by atoms with van der Waals surface area (Å²) in [4.78, 5) is 38.5. The molecule has 1 aliphatic heterocycles. The molecule has 8 nitrogen and oxygen atoms in total. The van der Waals surface area contributed by atoms with Crippen LogP contribution in [0.2, 0.25) is 0 Å². The minimum atomic E-state index is -0.522. The van der Waals surface area contributed by atoms with E-state index in [2.05, 4.69) is 0 Å². The third-order valence-electron chi connectivity index (χ3n) is 4.91. The van der Waals surface area contributed by atoms with Gasteiger partial charge in [-0.2, -0.15) is 0 Å². The first-order chi connectivity index (χ1) is 13.5. The van der Waals surface area contributed by atoms with Crippen molar-refractivity contribution in [1.29, 1.82) is 0 Å². The number of esters is 2. The van der Waals surface area contributed by atoms with Crippen LogP contribution in [-0.2, 0) is 25.6 Å². The van der Waals surface area contributed by atoms with Gasteiger partial charge in [0.1, 0.15) is 18.0 Å². The first kappa shape index (κ1) is 19.7. The first-order valence-electron chi connectivity index (χ1n) is 9.31. The van der Waals surface area contributed by atoms with Gasteiger partial charge in [0.2, 0.25) is 5.91 Å². The van der Waals surface area contributed by atoms with Crippen LogP contribution < -0.4 is 0 Å². The molecule has 0 unspecified atom stereocenters. The molecule has 3 rings (SSSR count). The topological polar surface area (TPSA) is 91.0 Å². The number of nitrogens with zero attached hydrogens (tertiary/aromatic N) is 2. The second-order valence-electron chi connectivity index (χ2n) is 6.57. The number of piperidine rings is 1. The Morgan fingerprint density at radius 3 is 2.54 bits per heavy atom. The summed E-state index contributed by atoms with van der Waals surface area (Å²) in [6.07, 6.45) is 2.68. The van der Waals surface area contributed by atoms with Crippen LogP contribution >= 0.6 is 0 Å². The van der Waals surface area contributed by atoms with Crippen molar-refractivity contribution in [2.24, 2.45) is 5.92 Å². The zero-order chi connectivity index (χ0) is 20.1. The SMILES string of the molecule is CCOC(=O)C1CCN(C(=O)Cn2c(C(=O)OC)ccc2-c2ccco2)CC1. The van der Waals surface area contributed by atoms with Crippen molar-refractivity contribution in [1.82, 2.24) is 9.47 Å². The molecule has 0 N–H and O–H groups in total. The van der Waals surface area contributed by atoms with Gasteiger partial charge in [0.15, 0.2) is 0 Å². The van der Waals surface area contributed by atoms with Gasteiger partial charge in [-0.15, -0.1) is 0 Å². The van der Waals surface area contributed by atoms with Gasteiger partial charge in [-0.3, -0.25) is 9.59 Å². The highest BCUT2D eigenvalue weighted by Crippen LogP contribution is 2.25. The fourth-order valence-corrected chi connectivity index (χ4v) is 3.42. The number of hydrogen-bond acceptors (Lipinski definition) is 6. The van der Waals surface area contributed by atoms with E-state index in [-0.39, 0.29) is 30.0 Å². The normalized spacial score (nSPS) is 14.7. The number of likely N-dealkylation sites (tertiary alicyclic amines) is 1. The number of ether oxygens (including phenoxy) is 2. The second kappa shape index (κ2) is 8.77. The lowest BCUT2D eigenvalue weighted by atomic mass is 9.97. The summed E-state index contributed by atoms with van der Waals surface area (Å²) in [5.41, 5.74) is 0.906. The van der Waals surface area contributed by atoms with E-state index in [0.717, 1.165) is 0 Å². The molecular weight excluding hydrogens is 364 g/mol. The Morgan fingerprint density at radius 1 is 1.18 bits per heavy atom. The number of furan rings is 1. The zero-order valence-electron chi connectivity index (χ0n) is 16.1. The van der Waals surface area contributed by atoms with E-state index in [1.54, 1.807) is 40.7 Å². The van der Waals surface area contributed by atoms with Crippen LogP contribution in [0.3, 0.4) is 0 Å². The molecule has 8 heteroatoms. The predicted molar refractivity (Wildman–Crippen MR) is 99.4 cm³/mol. The van der Waals surface area contributed by atoms with Gasteiger partial charge in [-0.05, 0) is 44.0 Å². The molecule has 2 aromatic heterocycles. The third-order valence-corrected chi connectivity index (χ3v) is 4.91. The van der Waals surface area contributed by atoms with Gasteiger partial charge >= 0.3 is 11.9 Å². The molecule has 3 heterocycles. The standard InChI is InChI=1S/C20H24N2O6/c1-3-27-19(24)14-8-10-21(11-9-14)18(23)13-22-15(17-5-4-12-28-17)6-7-16(22)20(25)26-2/h4-7,12,14H,3,8-11,13H2,1-2H3. The largest absolute Gasteiger partial charge is 0.466 e. The molecule has 1 aliphatic rings. The van der Waals surface area contributed by atoms with Crippen molar-refractivity contribution < 1.29 is 28.3 Å². The minimum absolute atomic E-state index is 0.0163. The number of aromatic nitrogens is 1. The monoisotopic (exact) mass is 388 g/mol. The lowest BCUT2D eigenvalue weighted by Gasteiger charge is -2.31. The average molecular weight is 388 g/mol. The van der Waals surface area contributed by atoms with Crippen LogP contribution in [0.1, 0.15) is 30.3 Å². The molecule has 0 aromatic carbocycles. The Morgan fingerprint density at radius 2 is 1.93 bits per heavy atom. The Bertz CT molecular complexity index is 831. The van der Waals surface area contributed by atoms with E-state index < -0.39 is 5.97 Å². The third kappa shape index (κ3) is 4.11. The lowest BCUT2D eigenvalue weighted by molar-refractivity contribution is -0.151. The molecule has 0 atom stereocenters. The van der Waals surface area contributed by atoms with Gasteiger partial charge < -0.3 is 23.4 Å². The van der Waals surface area contributed by atoms with Crippen molar-refractivity contribution in [3.63, 3.8) is 0 Å². The molecule has 0 spiro atoms. The average Bonchev–Trinajstić information content (AvgIpc) is 3.37. The van der Waals surface area contributed by atoms with Gasteiger partial charge in [0.05, 0.1) is 31.6 Å². The van der Waals surface area contributed by atoms with E-state index >= 15 is 0 Å². The number of carbonyl (C=O) groups excluding carboxylic acids is 3. The fourth-order valence-electron chi connectivity index (χ4n) is 3.42. The molecule has 28 heavy (non-hydrogen) atoms. The van der Waals surface area contributed by atoms with E-state index in [9.17, 15) is 14.4 Å². The quantitative estimate of drug-likeness (QED) is 0.706. The molecule has 150 valence electrons. The van der Waals surface area contributed by atoms with Crippen LogP contribution in [0.5, 0.6) is 0 Å². The van der Waals surface area contributed by atoms with Crippen LogP contribution in [0.25, 0.3) is 11.5 Å². The van der Waals surface area contributed by atoms with E-state index in [1.807, 2.05) is 0 Å². The van der Waals surface area contributed by atoms with Crippen molar-refractivity contribution in [3.05, 3.63) is 36.2 Å². The van der Waals surface area contributed by atoms with Gasteiger partial charge in [-0.1, -0.05) is 0 Å². The zero-order valence-corrected chi connectivity index (χ0v) is 16.1. The number of amides is 1. The molecule has 2 aromatic rings. The maximum atomic E-state index is 12.9. The van der Waals surface area contributed by atoms with Crippen LogP contribution in [-0.4, -0.2) is 54.1 Å². The Balaban J connectivity index is 1.73. The summed E-state index contributed by atoms with van der Waals surface area (Å²) in [5.74, 6) is -0.458.